The van der Waals surface area contributed by atoms with Crippen molar-refractivity contribution in [3.63, 3.8) is 0 Å². The highest BCUT2D eigenvalue weighted by atomic mass is 32.1. The number of anilines is 1. The third-order valence-electron chi connectivity index (χ3n) is 4.38. The zero-order valence-corrected chi connectivity index (χ0v) is 18.1. The number of carbonyl (C=O) groups excluding carboxylic acids is 2. The van der Waals surface area contributed by atoms with Gasteiger partial charge in [0.1, 0.15) is 16.5 Å². The van der Waals surface area contributed by atoms with Gasteiger partial charge in [0.15, 0.2) is 5.69 Å². The Hall–Kier alpha value is -3.37. The lowest BCUT2D eigenvalue weighted by Crippen LogP contribution is -2.26. The maximum absolute atomic E-state index is 14.4. The second-order valence-corrected chi connectivity index (χ2v) is 8.32. The predicted molar refractivity (Wildman–Crippen MR) is 118 cm³/mol. The summed E-state index contributed by atoms with van der Waals surface area (Å²) in [7, 11) is 0. The molecule has 0 bridgehead atoms. The number of aromatic nitrogens is 2. The van der Waals surface area contributed by atoms with Gasteiger partial charge in [-0.15, -0.1) is 22.7 Å². The van der Waals surface area contributed by atoms with E-state index < -0.39 is 17.3 Å². The Balaban J connectivity index is 1.91. The van der Waals surface area contributed by atoms with E-state index in [0.29, 0.717) is 4.88 Å². The number of halogens is 1. The van der Waals surface area contributed by atoms with E-state index in [9.17, 15) is 18.8 Å². The second-order valence-electron chi connectivity index (χ2n) is 6.53. The number of aryl methyl sites for hydroxylation is 1. The molecule has 0 saturated heterocycles. The lowest BCUT2D eigenvalue weighted by molar-refractivity contribution is 0.0519. The van der Waals surface area contributed by atoms with Gasteiger partial charge in [-0.2, -0.15) is 9.78 Å². The van der Waals surface area contributed by atoms with Crippen LogP contribution in [0.2, 0.25) is 0 Å². The quantitative estimate of drug-likeness (QED) is 0.449. The van der Waals surface area contributed by atoms with E-state index in [4.69, 9.17) is 4.74 Å². The van der Waals surface area contributed by atoms with Gasteiger partial charge < -0.3 is 10.1 Å². The smallest absolute Gasteiger partial charge is 0.359 e. The average molecular weight is 458 g/mol. The summed E-state index contributed by atoms with van der Waals surface area (Å²) in [5, 5.41) is 10.8. The lowest BCUT2D eigenvalue weighted by atomic mass is 10.2. The first-order valence-corrected chi connectivity index (χ1v) is 11.0. The van der Waals surface area contributed by atoms with Crippen molar-refractivity contribution in [2.75, 3.05) is 11.9 Å². The molecule has 7 nitrogen and oxygen atoms in total. The molecule has 1 aromatic carbocycles. The molecule has 0 aliphatic rings. The SMILES string of the molecule is CCOC(=O)c1nn(-c2ccccc2F)c(=O)c2c(NC(=O)c3cc(C)cs3)scc12. The number of fused-ring (bicyclic) bond motifs is 1. The maximum Gasteiger partial charge on any atom is 0.359 e. The summed E-state index contributed by atoms with van der Waals surface area (Å²) in [6.07, 6.45) is 0. The Labute approximate surface area is 183 Å². The zero-order valence-electron chi connectivity index (χ0n) is 16.5. The van der Waals surface area contributed by atoms with E-state index in [1.165, 1.54) is 29.5 Å². The number of esters is 1. The standard InChI is InChI=1S/C21H16FN3O4S2/c1-3-29-21(28)17-12-10-31-19(23-18(26)15-8-11(2)9-30-15)16(12)20(27)25(24-17)14-7-5-4-6-13(14)22/h4-10H,3H2,1-2H3,(H,23,26). The van der Waals surface area contributed by atoms with Crippen LogP contribution in [0.5, 0.6) is 0 Å². The number of carbonyl (C=O) groups is 2. The molecule has 0 spiro atoms. The zero-order chi connectivity index (χ0) is 22.1. The van der Waals surface area contributed by atoms with Crippen LogP contribution in [-0.2, 0) is 4.74 Å². The van der Waals surface area contributed by atoms with E-state index in [1.54, 1.807) is 24.4 Å². The van der Waals surface area contributed by atoms with Crippen LogP contribution in [-0.4, -0.2) is 28.3 Å². The van der Waals surface area contributed by atoms with E-state index in [1.807, 2.05) is 12.3 Å². The summed E-state index contributed by atoms with van der Waals surface area (Å²) in [6.45, 7) is 3.62. The van der Waals surface area contributed by atoms with Crippen molar-refractivity contribution >= 4 is 50.3 Å². The van der Waals surface area contributed by atoms with Gasteiger partial charge in [-0.05, 0) is 43.0 Å². The summed E-state index contributed by atoms with van der Waals surface area (Å²) in [5.41, 5.74) is 0.0367. The number of benzene rings is 1. The molecule has 158 valence electrons. The fourth-order valence-corrected chi connectivity index (χ4v) is 4.72. The summed E-state index contributed by atoms with van der Waals surface area (Å²) in [4.78, 5) is 38.9. The molecule has 1 N–H and O–H groups in total. The number of hydrogen-bond acceptors (Lipinski definition) is 7. The summed E-state index contributed by atoms with van der Waals surface area (Å²) < 4.78 is 20.3. The van der Waals surface area contributed by atoms with Crippen LogP contribution >= 0.6 is 22.7 Å². The van der Waals surface area contributed by atoms with Crippen LogP contribution in [0.25, 0.3) is 16.5 Å². The van der Waals surface area contributed by atoms with Crippen LogP contribution in [0.1, 0.15) is 32.6 Å². The van der Waals surface area contributed by atoms with Gasteiger partial charge in [-0.25, -0.2) is 9.18 Å². The van der Waals surface area contributed by atoms with E-state index in [2.05, 4.69) is 10.4 Å². The van der Waals surface area contributed by atoms with E-state index >= 15 is 0 Å². The van der Waals surface area contributed by atoms with Crippen molar-refractivity contribution in [2.24, 2.45) is 0 Å². The van der Waals surface area contributed by atoms with Crippen LogP contribution in [0.4, 0.5) is 9.39 Å². The molecule has 31 heavy (non-hydrogen) atoms. The molecule has 3 aromatic heterocycles. The van der Waals surface area contributed by atoms with Crippen LogP contribution in [0.15, 0.2) is 45.9 Å². The fourth-order valence-electron chi connectivity index (χ4n) is 2.99. The molecule has 0 saturated carbocycles. The fraction of sp³-hybridized carbons (Fsp3) is 0.143. The highest BCUT2D eigenvalue weighted by Crippen LogP contribution is 2.31. The number of nitrogens with zero attached hydrogens (tertiary/aromatic N) is 2. The molecule has 10 heteroatoms. The number of hydrogen-bond donors (Lipinski definition) is 1. The minimum absolute atomic E-state index is 0.0629. The number of para-hydroxylation sites is 1. The molecule has 0 atom stereocenters. The van der Waals surface area contributed by atoms with Crippen molar-refractivity contribution in [3.8, 4) is 5.69 Å². The van der Waals surface area contributed by atoms with Crippen LogP contribution < -0.4 is 10.9 Å². The largest absolute Gasteiger partial charge is 0.461 e. The molecule has 0 unspecified atom stereocenters. The summed E-state index contributed by atoms with van der Waals surface area (Å²) >= 11 is 2.36. The molecule has 0 radical (unpaired) electrons. The Morgan fingerprint density at radius 1 is 1.23 bits per heavy atom. The number of ether oxygens (including phenoxy) is 1. The molecule has 4 rings (SSSR count). The first kappa shape index (κ1) is 20.9. The molecule has 4 aromatic rings. The van der Waals surface area contributed by atoms with Crippen molar-refractivity contribution in [1.82, 2.24) is 9.78 Å². The predicted octanol–water partition coefficient (Wildman–Crippen LogP) is 4.39. The monoisotopic (exact) mass is 457 g/mol. The molecule has 1 amide bonds. The number of nitrogens with one attached hydrogen (secondary N) is 1. The van der Waals surface area contributed by atoms with Crippen LogP contribution in [0, 0.1) is 12.7 Å². The van der Waals surface area contributed by atoms with Gasteiger partial charge in [-0.3, -0.25) is 9.59 Å². The van der Waals surface area contributed by atoms with E-state index in [-0.39, 0.29) is 39.7 Å². The highest BCUT2D eigenvalue weighted by molar-refractivity contribution is 7.16. The Bertz CT molecular complexity index is 1370. The summed E-state index contributed by atoms with van der Waals surface area (Å²) in [6, 6.07) is 7.33. The molecule has 0 aliphatic heterocycles. The molecule has 3 heterocycles. The first-order valence-electron chi connectivity index (χ1n) is 9.23. The van der Waals surface area contributed by atoms with Crippen molar-refractivity contribution in [3.05, 3.63) is 73.4 Å². The van der Waals surface area contributed by atoms with Crippen molar-refractivity contribution in [1.29, 1.82) is 0 Å². The normalized spacial score (nSPS) is 10.9. The minimum Gasteiger partial charge on any atom is -0.461 e. The van der Waals surface area contributed by atoms with Crippen molar-refractivity contribution in [2.45, 2.75) is 13.8 Å². The third-order valence-corrected chi connectivity index (χ3v) is 6.33. The Morgan fingerprint density at radius 3 is 2.68 bits per heavy atom. The number of thiophene rings is 2. The average Bonchev–Trinajstić information content (AvgIpc) is 3.36. The third kappa shape index (κ3) is 3.87. The number of rotatable bonds is 5. The minimum atomic E-state index is -0.748. The molecular weight excluding hydrogens is 441 g/mol. The summed E-state index contributed by atoms with van der Waals surface area (Å²) in [5.74, 6) is -1.81. The molecular formula is C21H16FN3O4S2. The number of amides is 1. The Morgan fingerprint density at radius 2 is 2.00 bits per heavy atom. The Kier molecular flexibility index (Phi) is 5.66. The van der Waals surface area contributed by atoms with Gasteiger partial charge in [0.25, 0.3) is 11.5 Å². The molecule has 0 aliphatic carbocycles. The van der Waals surface area contributed by atoms with Gasteiger partial charge >= 0.3 is 5.97 Å². The van der Waals surface area contributed by atoms with Gasteiger partial charge in [0.2, 0.25) is 0 Å². The topological polar surface area (TPSA) is 90.3 Å². The van der Waals surface area contributed by atoms with E-state index in [0.717, 1.165) is 21.6 Å². The maximum atomic E-state index is 14.4. The van der Waals surface area contributed by atoms with Crippen molar-refractivity contribution < 1.29 is 18.7 Å². The van der Waals surface area contributed by atoms with Gasteiger partial charge in [-0.1, -0.05) is 12.1 Å². The van der Waals surface area contributed by atoms with Gasteiger partial charge in [0.05, 0.1) is 16.9 Å². The first-order chi connectivity index (χ1) is 14.9. The highest BCUT2D eigenvalue weighted by Gasteiger charge is 2.24. The lowest BCUT2D eigenvalue weighted by Gasteiger charge is -2.10. The molecule has 0 fully saturated rings. The van der Waals surface area contributed by atoms with Gasteiger partial charge in [0, 0.05) is 10.8 Å². The van der Waals surface area contributed by atoms with Crippen LogP contribution in [0.3, 0.4) is 0 Å². The second kappa shape index (κ2) is 8.40.